The van der Waals surface area contributed by atoms with Crippen LogP contribution in [0.4, 0.5) is 0 Å². The highest BCUT2D eigenvalue weighted by atomic mass is 32.2. The highest BCUT2D eigenvalue weighted by Crippen LogP contribution is 2.18. The van der Waals surface area contributed by atoms with Gasteiger partial charge < -0.3 is 0 Å². The third-order valence-electron chi connectivity index (χ3n) is 3.03. The van der Waals surface area contributed by atoms with Gasteiger partial charge in [0.2, 0.25) is 0 Å². The Morgan fingerprint density at radius 3 is 2.50 bits per heavy atom. The average molecular weight is 279 g/mol. The van der Waals surface area contributed by atoms with Crippen LogP contribution in [0.5, 0.6) is 0 Å². The molecule has 0 N–H and O–H groups in total. The molecule has 2 aromatic carbocycles. The van der Waals surface area contributed by atoms with Gasteiger partial charge >= 0.3 is 0 Å². The third-order valence-corrected chi connectivity index (χ3v) is 4.15. The Kier molecular flexibility index (Phi) is 3.70. The fraction of sp³-hybridized carbons (Fsp3) is 0. The first-order chi connectivity index (χ1) is 9.84. The summed E-state index contributed by atoms with van der Waals surface area (Å²) in [6.07, 6.45) is 3.67. The van der Waals surface area contributed by atoms with Gasteiger partial charge in [0.1, 0.15) is 0 Å². The molecule has 0 aliphatic heterocycles. The number of nitrogens with zero attached hydrogens (tertiary/aromatic N) is 1. The maximum Gasteiger partial charge on any atom is 0.0776 e. The Morgan fingerprint density at radius 1 is 0.900 bits per heavy atom. The molecule has 0 bridgehead atoms. The van der Waals surface area contributed by atoms with E-state index in [4.69, 9.17) is 0 Å². The van der Waals surface area contributed by atoms with Crippen LogP contribution in [0.3, 0.4) is 0 Å². The highest BCUT2D eigenvalue weighted by molar-refractivity contribution is 7.88. The standard InChI is InChI=1S/C17H13NOS/c19-20(15-6-2-1-3-7-15)13-11-14-10-12-18-17-9-5-4-8-16(14)17/h1-13H/b13-11-. The molecule has 0 fully saturated rings. The maximum atomic E-state index is 12.2. The van der Waals surface area contributed by atoms with Crippen molar-refractivity contribution in [3.63, 3.8) is 0 Å². The molecule has 1 atom stereocenters. The number of hydrogen-bond donors (Lipinski definition) is 0. The Labute approximate surface area is 120 Å². The molecular formula is C17H13NOS. The molecular weight excluding hydrogens is 266 g/mol. The van der Waals surface area contributed by atoms with Crippen molar-refractivity contribution in [1.29, 1.82) is 0 Å². The number of hydrogen-bond acceptors (Lipinski definition) is 2. The Balaban J connectivity index is 1.94. The number of aromatic nitrogens is 1. The summed E-state index contributed by atoms with van der Waals surface area (Å²) in [5, 5.41) is 2.79. The van der Waals surface area contributed by atoms with Gasteiger partial charge in [-0.15, -0.1) is 0 Å². The smallest absolute Gasteiger partial charge is 0.0776 e. The minimum Gasteiger partial charge on any atom is -0.256 e. The molecule has 3 aromatic rings. The van der Waals surface area contributed by atoms with Crippen molar-refractivity contribution in [3.05, 3.63) is 77.8 Å². The molecule has 3 rings (SSSR count). The quantitative estimate of drug-likeness (QED) is 0.725. The second-order valence-corrected chi connectivity index (χ2v) is 5.67. The number of pyridine rings is 1. The van der Waals surface area contributed by atoms with Crippen molar-refractivity contribution < 1.29 is 4.21 Å². The van der Waals surface area contributed by atoms with E-state index in [1.54, 1.807) is 11.6 Å². The summed E-state index contributed by atoms with van der Waals surface area (Å²) in [7, 11) is -1.13. The Morgan fingerprint density at radius 2 is 1.65 bits per heavy atom. The van der Waals surface area contributed by atoms with Crippen LogP contribution < -0.4 is 0 Å². The van der Waals surface area contributed by atoms with Gasteiger partial charge in [-0.25, -0.2) is 4.21 Å². The lowest BCUT2D eigenvalue weighted by Crippen LogP contribution is -1.86. The molecule has 0 radical (unpaired) electrons. The minimum absolute atomic E-state index is 0.808. The second-order valence-electron chi connectivity index (χ2n) is 4.33. The first kappa shape index (κ1) is 12.8. The van der Waals surface area contributed by atoms with Crippen molar-refractivity contribution in [1.82, 2.24) is 4.98 Å². The van der Waals surface area contributed by atoms with Crippen LogP contribution in [-0.4, -0.2) is 9.19 Å². The predicted octanol–water partition coefficient (Wildman–Crippen LogP) is 4.01. The second kappa shape index (κ2) is 5.80. The predicted molar refractivity (Wildman–Crippen MR) is 83.6 cm³/mol. The molecule has 20 heavy (non-hydrogen) atoms. The summed E-state index contributed by atoms with van der Waals surface area (Å²) < 4.78 is 12.2. The van der Waals surface area contributed by atoms with E-state index >= 15 is 0 Å². The fourth-order valence-corrected chi connectivity index (χ4v) is 2.88. The summed E-state index contributed by atoms with van der Waals surface area (Å²) in [6, 6.07) is 19.3. The van der Waals surface area contributed by atoms with Crippen LogP contribution in [-0.2, 0) is 10.8 Å². The molecule has 0 aliphatic carbocycles. The van der Waals surface area contributed by atoms with Crippen LogP contribution in [0.15, 0.2) is 77.2 Å². The van der Waals surface area contributed by atoms with Crippen molar-refractivity contribution in [2.45, 2.75) is 4.90 Å². The summed E-state index contributed by atoms with van der Waals surface area (Å²) in [4.78, 5) is 5.12. The molecule has 1 heterocycles. The third kappa shape index (κ3) is 2.68. The molecule has 1 aromatic heterocycles. The highest BCUT2D eigenvalue weighted by Gasteiger charge is 2.00. The number of benzene rings is 2. The average Bonchev–Trinajstić information content (AvgIpc) is 2.53. The van der Waals surface area contributed by atoms with Gasteiger partial charge in [-0.2, -0.15) is 0 Å². The van der Waals surface area contributed by atoms with Gasteiger partial charge in [0, 0.05) is 21.9 Å². The molecule has 0 spiro atoms. The molecule has 0 aliphatic rings. The van der Waals surface area contributed by atoms with Gasteiger partial charge in [-0.05, 0) is 35.9 Å². The number of para-hydroxylation sites is 1. The van der Waals surface area contributed by atoms with Gasteiger partial charge in [-0.1, -0.05) is 36.4 Å². The van der Waals surface area contributed by atoms with Crippen LogP contribution >= 0.6 is 0 Å². The summed E-state index contributed by atoms with van der Waals surface area (Å²) in [5.41, 5.74) is 1.97. The molecule has 0 saturated heterocycles. The normalized spacial score (nSPS) is 12.8. The molecule has 1 unspecified atom stereocenters. The Bertz CT molecular complexity index is 776. The minimum atomic E-state index is -1.13. The zero-order chi connectivity index (χ0) is 13.8. The topological polar surface area (TPSA) is 30.0 Å². The Hall–Kier alpha value is -2.26. The zero-order valence-corrected chi connectivity index (χ0v) is 11.6. The molecule has 3 heteroatoms. The van der Waals surface area contributed by atoms with Gasteiger partial charge in [0.25, 0.3) is 0 Å². The van der Waals surface area contributed by atoms with Gasteiger partial charge in [0.15, 0.2) is 0 Å². The molecule has 98 valence electrons. The summed E-state index contributed by atoms with van der Waals surface area (Å²) in [5.74, 6) is 0. The van der Waals surface area contributed by atoms with Crippen molar-refractivity contribution in [2.75, 3.05) is 0 Å². The van der Waals surface area contributed by atoms with E-state index < -0.39 is 10.8 Å². The number of fused-ring (bicyclic) bond motifs is 1. The van der Waals surface area contributed by atoms with Crippen molar-refractivity contribution in [2.24, 2.45) is 0 Å². The zero-order valence-electron chi connectivity index (χ0n) is 10.8. The lowest BCUT2D eigenvalue weighted by Gasteiger charge is -2.01. The van der Waals surface area contributed by atoms with Gasteiger partial charge in [0.05, 0.1) is 16.3 Å². The maximum absolute atomic E-state index is 12.2. The van der Waals surface area contributed by atoms with E-state index in [-0.39, 0.29) is 0 Å². The molecule has 2 nitrogen and oxygen atoms in total. The van der Waals surface area contributed by atoms with E-state index in [1.165, 1.54) is 0 Å². The van der Waals surface area contributed by atoms with E-state index in [0.29, 0.717) is 0 Å². The SMILES string of the molecule is O=S(/C=C\c1ccnc2ccccc12)c1ccccc1. The fourth-order valence-electron chi connectivity index (χ4n) is 2.03. The van der Waals surface area contributed by atoms with Crippen molar-refractivity contribution in [3.8, 4) is 0 Å². The van der Waals surface area contributed by atoms with Crippen LogP contribution in [0, 0.1) is 0 Å². The first-order valence-electron chi connectivity index (χ1n) is 6.32. The van der Waals surface area contributed by atoms with E-state index in [2.05, 4.69) is 4.98 Å². The van der Waals surface area contributed by atoms with Crippen LogP contribution in [0.2, 0.25) is 0 Å². The van der Waals surface area contributed by atoms with E-state index in [0.717, 1.165) is 21.4 Å². The van der Waals surface area contributed by atoms with Crippen LogP contribution in [0.25, 0.3) is 17.0 Å². The molecule has 0 saturated carbocycles. The van der Waals surface area contributed by atoms with Crippen LogP contribution in [0.1, 0.15) is 5.56 Å². The largest absolute Gasteiger partial charge is 0.256 e. The summed E-state index contributed by atoms with van der Waals surface area (Å²) >= 11 is 0. The summed E-state index contributed by atoms with van der Waals surface area (Å²) in [6.45, 7) is 0. The van der Waals surface area contributed by atoms with Crippen molar-refractivity contribution >= 4 is 27.8 Å². The molecule has 0 amide bonds. The van der Waals surface area contributed by atoms with E-state index in [9.17, 15) is 4.21 Å². The van der Waals surface area contributed by atoms with E-state index in [1.807, 2.05) is 66.7 Å². The lowest BCUT2D eigenvalue weighted by molar-refractivity contribution is 0.688. The monoisotopic (exact) mass is 279 g/mol. The van der Waals surface area contributed by atoms with Gasteiger partial charge in [-0.3, -0.25) is 4.98 Å². The lowest BCUT2D eigenvalue weighted by atomic mass is 10.1. The number of rotatable bonds is 3. The first-order valence-corrected chi connectivity index (χ1v) is 7.53.